The van der Waals surface area contributed by atoms with E-state index in [2.05, 4.69) is 27.1 Å². The number of fused-ring (bicyclic) bond motifs is 1. The maximum Gasteiger partial charge on any atom is 0.417 e. The summed E-state index contributed by atoms with van der Waals surface area (Å²) < 4.78 is 7.30. The zero-order chi connectivity index (χ0) is 28.6. The van der Waals surface area contributed by atoms with Gasteiger partial charge >= 0.3 is 6.09 Å². The second-order valence-electron chi connectivity index (χ2n) is 11.1. The lowest BCUT2D eigenvalue weighted by molar-refractivity contribution is -0.120. The summed E-state index contributed by atoms with van der Waals surface area (Å²) in [6.45, 7) is 5.49. The third kappa shape index (κ3) is 5.99. The summed E-state index contributed by atoms with van der Waals surface area (Å²) in [5.41, 5.74) is 9.68. The highest BCUT2D eigenvalue weighted by atomic mass is 16.6. The molecule has 0 spiro atoms. The Balaban J connectivity index is 1.43. The minimum absolute atomic E-state index is 0.00860. The number of nitrogens with zero attached hydrogens (tertiary/aromatic N) is 4. The van der Waals surface area contributed by atoms with E-state index in [9.17, 15) is 14.4 Å². The molecule has 3 N–H and O–H groups in total. The van der Waals surface area contributed by atoms with Crippen molar-refractivity contribution in [2.45, 2.75) is 58.1 Å². The number of imide groups is 1. The summed E-state index contributed by atoms with van der Waals surface area (Å²) in [7, 11) is 1.84. The van der Waals surface area contributed by atoms with Gasteiger partial charge in [0.05, 0.1) is 23.2 Å². The maximum absolute atomic E-state index is 13.3. The van der Waals surface area contributed by atoms with Crippen LogP contribution in [0.2, 0.25) is 0 Å². The Bertz CT molecular complexity index is 1570. The van der Waals surface area contributed by atoms with Crippen LogP contribution in [0.5, 0.6) is 0 Å². The van der Waals surface area contributed by atoms with Gasteiger partial charge in [0.1, 0.15) is 11.3 Å². The van der Waals surface area contributed by atoms with Gasteiger partial charge < -0.3 is 20.4 Å². The number of ether oxygens (including phenoxy) is 1. The van der Waals surface area contributed by atoms with Crippen molar-refractivity contribution in [3.05, 3.63) is 64.5 Å². The molecule has 2 aromatic heterocycles. The number of nitrogen functional groups attached to an aromatic ring is 1. The summed E-state index contributed by atoms with van der Waals surface area (Å²) >= 11 is 0. The topological polar surface area (TPSA) is 132 Å². The minimum atomic E-state index is -0.714. The van der Waals surface area contributed by atoms with Crippen LogP contribution in [0.15, 0.2) is 36.5 Å². The smallest absolute Gasteiger partial charge is 0.417 e. The highest BCUT2D eigenvalue weighted by Crippen LogP contribution is 2.30. The number of nitrogens with one attached hydrogen (secondary N) is 1. The Morgan fingerprint density at radius 2 is 1.98 bits per heavy atom. The van der Waals surface area contributed by atoms with Crippen LogP contribution in [0.25, 0.3) is 11.4 Å². The Kier molecular flexibility index (Phi) is 7.06. The van der Waals surface area contributed by atoms with Crippen molar-refractivity contribution in [3.63, 3.8) is 0 Å². The van der Waals surface area contributed by atoms with E-state index in [0.29, 0.717) is 41.4 Å². The van der Waals surface area contributed by atoms with Crippen LogP contribution in [-0.2, 0) is 29.4 Å². The van der Waals surface area contributed by atoms with Gasteiger partial charge in [0.2, 0.25) is 11.9 Å². The third-order valence-electron chi connectivity index (χ3n) is 6.65. The largest absolute Gasteiger partial charge is 0.443 e. The van der Waals surface area contributed by atoms with Crippen molar-refractivity contribution >= 4 is 23.9 Å². The molecule has 3 heterocycles. The first kappa shape index (κ1) is 26.9. The van der Waals surface area contributed by atoms with Crippen molar-refractivity contribution in [1.29, 1.82) is 0 Å². The van der Waals surface area contributed by atoms with Gasteiger partial charge in [0.25, 0.3) is 5.91 Å². The summed E-state index contributed by atoms with van der Waals surface area (Å²) in [6, 6.07) is 9.57. The summed E-state index contributed by atoms with van der Waals surface area (Å²) in [6.07, 6.45) is 3.75. The van der Waals surface area contributed by atoms with Gasteiger partial charge in [-0.25, -0.2) is 19.7 Å². The molecule has 3 aromatic rings. The van der Waals surface area contributed by atoms with E-state index in [1.165, 1.54) is 0 Å². The molecule has 0 unspecified atom stereocenters. The molecule has 1 aliphatic heterocycles. The normalized spacial score (nSPS) is 14.7. The molecule has 10 nitrogen and oxygen atoms in total. The molecule has 5 rings (SSSR count). The molecule has 1 fully saturated rings. The fourth-order valence-electron chi connectivity index (χ4n) is 4.59. The van der Waals surface area contributed by atoms with Gasteiger partial charge in [0, 0.05) is 43.5 Å². The molecule has 1 aromatic carbocycles. The van der Waals surface area contributed by atoms with Gasteiger partial charge in [-0.3, -0.25) is 9.59 Å². The number of carbonyl (C=O) groups is 3. The van der Waals surface area contributed by atoms with Crippen LogP contribution in [0, 0.1) is 11.8 Å². The number of hydrogen-bond donors (Lipinski definition) is 2. The summed E-state index contributed by atoms with van der Waals surface area (Å²) in [5.74, 6) is 5.94. The standard InChI is InChI=1S/C30H32N6O4/c1-30(2,3)40-29(39)36-13-12-23-22(27(36)38)16-24(35(23)4)26-20(17-32-28(31)34-26)9-8-18-6-5-7-19(14-18)15-25(37)33-21-10-11-21/h5-7,14,16-17,21H,10-13,15H2,1-4H3,(H,33,37)(H2,31,32,34). The first-order chi connectivity index (χ1) is 19.0. The minimum Gasteiger partial charge on any atom is -0.443 e. The van der Waals surface area contributed by atoms with Crippen LogP contribution in [0.3, 0.4) is 0 Å². The molecule has 0 saturated heterocycles. The average Bonchev–Trinajstić information content (AvgIpc) is 3.63. The quantitative estimate of drug-likeness (QED) is 0.486. The van der Waals surface area contributed by atoms with E-state index in [-0.39, 0.29) is 18.4 Å². The number of anilines is 1. The van der Waals surface area contributed by atoms with E-state index in [0.717, 1.165) is 34.6 Å². The number of aromatic nitrogens is 3. The molecule has 1 aliphatic carbocycles. The Morgan fingerprint density at radius 3 is 2.70 bits per heavy atom. The van der Waals surface area contributed by atoms with Crippen molar-refractivity contribution in [2.75, 3.05) is 12.3 Å². The summed E-state index contributed by atoms with van der Waals surface area (Å²) in [5, 5.41) is 3.00. The summed E-state index contributed by atoms with van der Waals surface area (Å²) in [4.78, 5) is 47.8. The lowest BCUT2D eigenvalue weighted by Crippen LogP contribution is -2.44. The maximum atomic E-state index is 13.3. The second kappa shape index (κ2) is 10.5. The molecule has 0 bridgehead atoms. The number of hydrogen-bond acceptors (Lipinski definition) is 7. The fraction of sp³-hybridized carbons (Fsp3) is 0.367. The highest BCUT2D eigenvalue weighted by molar-refractivity contribution is 6.05. The monoisotopic (exact) mass is 540 g/mol. The molecule has 0 atom stereocenters. The second-order valence-corrected chi connectivity index (χ2v) is 11.1. The van der Waals surface area contributed by atoms with Crippen molar-refractivity contribution in [1.82, 2.24) is 24.8 Å². The zero-order valence-corrected chi connectivity index (χ0v) is 23.1. The zero-order valence-electron chi connectivity index (χ0n) is 23.1. The fourth-order valence-corrected chi connectivity index (χ4v) is 4.59. The van der Waals surface area contributed by atoms with E-state index in [1.807, 2.05) is 35.9 Å². The predicted molar refractivity (Wildman–Crippen MR) is 149 cm³/mol. The predicted octanol–water partition coefficient (Wildman–Crippen LogP) is 3.22. The Morgan fingerprint density at radius 1 is 1.20 bits per heavy atom. The van der Waals surface area contributed by atoms with E-state index in [4.69, 9.17) is 10.5 Å². The van der Waals surface area contributed by atoms with Crippen LogP contribution >= 0.6 is 0 Å². The molecule has 0 radical (unpaired) electrons. The van der Waals surface area contributed by atoms with Gasteiger partial charge in [-0.1, -0.05) is 24.0 Å². The van der Waals surface area contributed by atoms with Gasteiger partial charge in [-0.2, -0.15) is 0 Å². The highest BCUT2D eigenvalue weighted by Gasteiger charge is 2.35. The lowest BCUT2D eigenvalue weighted by atomic mass is 10.1. The molecule has 3 amide bonds. The van der Waals surface area contributed by atoms with Crippen LogP contribution in [-0.4, -0.2) is 55.5 Å². The van der Waals surface area contributed by atoms with E-state index < -0.39 is 17.6 Å². The number of amides is 3. The molecular weight excluding hydrogens is 508 g/mol. The van der Waals surface area contributed by atoms with Crippen molar-refractivity contribution in [3.8, 4) is 23.2 Å². The Hall–Kier alpha value is -4.65. The molecule has 40 heavy (non-hydrogen) atoms. The molecule has 206 valence electrons. The van der Waals surface area contributed by atoms with E-state index in [1.54, 1.807) is 33.0 Å². The molecule has 2 aliphatic rings. The van der Waals surface area contributed by atoms with Gasteiger partial charge in [-0.05, 0) is 57.4 Å². The third-order valence-corrected chi connectivity index (χ3v) is 6.65. The van der Waals surface area contributed by atoms with Crippen molar-refractivity contribution < 1.29 is 19.1 Å². The van der Waals surface area contributed by atoms with Gasteiger partial charge in [0.15, 0.2) is 0 Å². The van der Waals surface area contributed by atoms with Crippen LogP contribution in [0.4, 0.5) is 10.7 Å². The lowest BCUT2D eigenvalue weighted by Gasteiger charge is -2.28. The number of nitrogens with two attached hydrogens (primary N) is 1. The van der Waals surface area contributed by atoms with Crippen LogP contribution in [0.1, 0.15) is 66.4 Å². The number of rotatable bonds is 4. The van der Waals surface area contributed by atoms with Crippen molar-refractivity contribution in [2.24, 2.45) is 7.05 Å². The average molecular weight is 541 g/mol. The van der Waals surface area contributed by atoms with Crippen LogP contribution < -0.4 is 11.1 Å². The van der Waals surface area contributed by atoms with Gasteiger partial charge in [-0.15, -0.1) is 0 Å². The number of carbonyl (C=O) groups excluding carboxylic acids is 3. The van der Waals surface area contributed by atoms with E-state index >= 15 is 0 Å². The molecular formula is C30H32N6O4. The number of benzene rings is 1. The Labute approximate surface area is 232 Å². The molecule has 10 heteroatoms. The first-order valence-corrected chi connectivity index (χ1v) is 13.2. The molecule has 1 saturated carbocycles. The first-order valence-electron chi connectivity index (χ1n) is 13.2. The SMILES string of the molecule is Cn1c(-c2nc(N)ncc2C#Cc2cccc(CC(=O)NC3CC3)c2)cc2c1CCN(C(=O)OC(C)(C)C)C2=O.